The van der Waals surface area contributed by atoms with Gasteiger partial charge < -0.3 is 20.1 Å². The summed E-state index contributed by atoms with van der Waals surface area (Å²) in [5, 5.41) is 32.9. The van der Waals surface area contributed by atoms with Crippen molar-refractivity contribution in [1.82, 2.24) is 19.9 Å². The molecule has 0 aliphatic carbocycles. The van der Waals surface area contributed by atoms with Crippen LogP contribution in [-0.4, -0.2) is 54.3 Å². The van der Waals surface area contributed by atoms with E-state index >= 15 is 0 Å². The molecule has 0 fully saturated rings. The summed E-state index contributed by atoms with van der Waals surface area (Å²) in [6, 6.07) is 17.6. The highest BCUT2D eigenvalue weighted by atomic mass is 35.5. The molecule has 0 aliphatic heterocycles. The minimum Gasteiger partial charge on any atom is -0.478 e. The van der Waals surface area contributed by atoms with Gasteiger partial charge in [0.15, 0.2) is 0 Å². The molecular weight excluding hydrogens is 691 g/mol. The van der Waals surface area contributed by atoms with E-state index in [-0.39, 0.29) is 5.56 Å². The number of carbonyl (C=O) groups excluding carboxylic acids is 1. The lowest BCUT2D eigenvalue weighted by atomic mass is 9.92. The molecule has 6 aromatic rings. The first-order valence-corrected chi connectivity index (χ1v) is 16.6. The number of carbonyl (C=O) groups is 2. The Kier molecular flexibility index (Phi) is 11.0. The number of aromatic nitrogens is 4. The quantitative estimate of drug-likeness (QED) is 0.133. The van der Waals surface area contributed by atoms with Gasteiger partial charge in [0.2, 0.25) is 0 Å². The molecule has 0 bridgehead atoms. The molecule has 0 unspecified atom stereocenters. The van der Waals surface area contributed by atoms with Crippen LogP contribution in [0.15, 0.2) is 85.5 Å². The van der Waals surface area contributed by atoms with E-state index in [1.165, 1.54) is 19.4 Å². The smallest absolute Gasteiger partial charge is 0.337 e. The number of aromatic carboxylic acids is 1. The number of halogens is 2. The maximum absolute atomic E-state index is 11.7. The second kappa shape index (κ2) is 15.1. The highest BCUT2D eigenvalue weighted by Gasteiger charge is 2.23. The average Bonchev–Trinajstić information content (AvgIpc) is 3.06. The van der Waals surface area contributed by atoms with Crippen LogP contribution in [-0.2, 0) is 28.8 Å². The number of hydrogen-bond acceptors (Lipinski definition) is 9. The molecule has 0 aliphatic rings. The summed E-state index contributed by atoms with van der Waals surface area (Å²) in [6.07, 6.45) is 7.12. The summed E-state index contributed by atoms with van der Waals surface area (Å²) in [6.45, 7) is 6.84. The molecule has 2 aromatic carbocycles. The van der Waals surface area contributed by atoms with Crippen molar-refractivity contribution in [1.29, 1.82) is 0 Å². The predicted molar refractivity (Wildman–Crippen MR) is 196 cm³/mol. The summed E-state index contributed by atoms with van der Waals surface area (Å²) >= 11 is 12.1. The van der Waals surface area contributed by atoms with E-state index in [0.717, 1.165) is 27.6 Å². The molecule has 6 rings (SSSR count). The first kappa shape index (κ1) is 37.3. The van der Waals surface area contributed by atoms with Gasteiger partial charge in [-0.25, -0.2) is 9.59 Å². The van der Waals surface area contributed by atoms with E-state index < -0.39 is 23.1 Å². The van der Waals surface area contributed by atoms with Crippen LogP contribution >= 0.6 is 23.2 Å². The summed E-state index contributed by atoms with van der Waals surface area (Å²) < 4.78 is 4.75. The number of methoxy groups -OCH3 is 1. The molecule has 262 valence electrons. The van der Waals surface area contributed by atoms with Crippen molar-refractivity contribution < 1.29 is 29.6 Å². The van der Waals surface area contributed by atoms with Crippen LogP contribution in [0.4, 0.5) is 0 Å². The van der Waals surface area contributed by atoms with E-state index in [4.69, 9.17) is 33.0 Å². The molecule has 12 heteroatoms. The molecule has 0 saturated carbocycles. The number of nitrogens with zero attached hydrogens (tertiary/aromatic N) is 4. The average molecular weight is 728 g/mol. The van der Waals surface area contributed by atoms with Gasteiger partial charge in [-0.2, -0.15) is 0 Å². The highest BCUT2D eigenvalue weighted by Crippen LogP contribution is 2.32. The van der Waals surface area contributed by atoms with Crippen LogP contribution in [0.2, 0.25) is 10.0 Å². The van der Waals surface area contributed by atoms with E-state index in [0.29, 0.717) is 56.3 Å². The number of pyridine rings is 4. The molecule has 0 radical (unpaired) electrons. The molecular formula is C39H36Cl2N4O6. The molecule has 0 spiro atoms. The van der Waals surface area contributed by atoms with Gasteiger partial charge in [0.05, 0.1) is 50.5 Å². The summed E-state index contributed by atoms with van der Waals surface area (Å²) in [5.41, 5.74) is 4.49. The zero-order chi connectivity index (χ0) is 37.1. The first-order valence-electron chi connectivity index (χ1n) is 15.9. The van der Waals surface area contributed by atoms with Crippen LogP contribution in [0.3, 0.4) is 0 Å². The fourth-order valence-electron chi connectivity index (χ4n) is 5.65. The predicted octanol–water partition coefficient (Wildman–Crippen LogP) is 7.69. The number of benzene rings is 2. The maximum atomic E-state index is 11.7. The molecule has 3 N–H and O–H groups in total. The van der Waals surface area contributed by atoms with Gasteiger partial charge in [-0.05, 0) is 87.4 Å². The minimum atomic E-state index is -1.08. The first-order chi connectivity index (χ1) is 24.0. The Balaban J connectivity index is 0.000000198. The molecule has 10 nitrogen and oxygen atoms in total. The number of aliphatic hydroxyl groups is 2. The van der Waals surface area contributed by atoms with Crippen LogP contribution < -0.4 is 0 Å². The molecule has 0 amide bonds. The fourth-order valence-corrected chi connectivity index (χ4v) is 5.99. The number of hydrogen-bond donors (Lipinski definition) is 3. The normalized spacial score (nSPS) is 11.6. The molecule has 0 saturated heterocycles. The van der Waals surface area contributed by atoms with Crippen molar-refractivity contribution in [3.63, 3.8) is 0 Å². The van der Waals surface area contributed by atoms with Crippen molar-refractivity contribution in [2.75, 3.05) is 7.11 Å². The van der Waals surface area contributed by atoms with Crippen molar-refractivity contribution in [3.8, 4) is 0 Å². The third-order valence-corrected chi connectivity index (χ3v) is 8.42. The minimum absolute atomic E-state index is 0.193. The van der Waals surface area contributed by atoms with E-state index in [1.807, 2.05) is 30.3 Å². The molecule has 0 atom stereocenters. The number of rotatable bonds is 8. The lowest BCUT2D eigenvalue weighted by Gasteiger charge is -2.21. The summed E-state index contributed by atoms with van der Waals surface area (Å²) in [7, 11) is 1.35. The zero-order valence-electron chi connectivity index (χ0n) is 28.6. The van der Waals surface area contributed by atoms with Crippen LogP contribution in [0.1, 0.15) is 82.1 Å². The Bertz CT molecular complexity index is 2260. The Morgan fingerprint density at radius 3 is 1.51 bits per heavy atom. The second-order valence-electron chi connectivity index (χ2n) is 13.1. The Morgan fingerprint density at radius 2 is 1.10 bits per heavy atom. The van der Waals surface area contributed by atoms with Crippen LogP contribution in [0, 0.1) is 0 Å². The molecule has 4 aromatic heterocycles. The second-order valence-corrected chi connectivity index (χ2v) is 14.0. The van der Waals surface area contributed by atoms with Crippen molar-refractivity contribution in [3.05, 3.63) is 140 Å². The lowest BCUT2D eigenvalue weighted by molar-refractivity contribution is 0.0599. The Hall–Kier alpha value is -5.00. The molecule has 51 heavy (non-hydrogen) atoms. The standard InChI is InChI=1S/C20H19ClN2O3.C19H17ClN2O3/c1-20(2,25)17-8-12(6-14-9-15(21)11-23-18(14)17)7-16-10-13(4-5-22-16)19(24)26-3;1-19(2,25)16-7-11(5-13-8-14(20)10-22-17(13)16)6-15-9-12(18(23)24)3-4-21-15/h4-6,8-11,25H,7H2,1-3H3;3-5,7-10,25H,6H2,1-2H3,(H,23,24). The molecule has 4 heterocycles. The Labute approximate surface area is 304 Å². The third-order valence-electron chi connectivity index (χ3n) is 8.01. The number of carboxylic acids is 1. The van der Waals surface area contributed by atoms with Gasteiger partial charge in [0.1, 0.15) is 0 Å². The van der Waals surface area contributed by atoms with Crippen molar-refractivity contribution in [2.24, 2.45) is 0 Å². The number of ether oxygens (including phenoxy) is 1. The Morgan fingerprint density at radius 1 is 0.667 bits per heavy atom. The SMILES string of the molecule is CC(C)(O)c1cc(Cc2cc(C(=O)O)ccn2)cc2cc(Cl)cnc12.COC(=O)c1ccnc(Cc2cc(C(C)(C)O)c3ncc(Cl)cc3c2)c1. The summed E-state index contributed by atoms with van der Waals surface area (Å²) in [5.74, 6) is -1.39. The fraction of sp³-hybridized carbons (Fsp3) is 0.231. The largest absolute Gasteiger partial charge is 0.478 e. The topological polar surface area (TPSA) is 156 Å². The maximum Gasteiger partial charge on any atom is 0.337 e. The monoisotopic (exact) mass is 726 g/mol. The van der Waals surface area contributed by atoms with Gasteiger partial charge in [-0.3, -0.25) is 19.9 Å². The lowest BCUT2D eigenvalue weighted by Crippen LogP contribution is -2.17. The van der Waals surface area contributed by atoms with Gasteiger partial charge >= 0.3 is 11.9 Å². The van der Waals surface area contributed by atoms with Gasteiger partial charge in [-0.1, -0.05) is 35.3 Å². The van der Waals surface area contributed by atoms with Gasteiger partial charge in [-0.15, -0.1) is 0 Å². The van der Waals surface area contributed by atoms with Crippen LogP contribution in [0.5, 0.6) is 0 Å². The zero-order valence-corrected chi connectivity index (χ0v) is 30.1. The summed E-state index contributed by atoms with van der Waals surface area (Å²) in [4.78, 5) is 40.1. The van der Waals surface area contributed by atoms with Crippen LogP contribution in [0.25, 0.3) is 21.8 Å². The van der Waals surface area contributed by atoms with E-state index in [1.54, 1.807) is 70.6 Å². The van der Waals surface area contributed by atoms with E-state index in [2.05, 4.69) is 19.9 Å². The van der Waals surface area contributed by atoms with Gasteiger partial charge in [0, 0.05) is 70.9 Å². The number of carboxylic acid groups (broad SMARTS) is 1. The third kappa shape index (κ3) is 9.22. The number of fused-ring (bicyclic) bond motifs is 2. The highest BCUT2D eigenvalue weighted by molar-refractivity contribution is 6.31. The van der Waals surface area contributed by atoms with Crippen molar-refractivity contribution >= 4 is 56.9 Å². The number of esters is 1. The van der Waals surface area contributed by atoms with Gasteiger partial charge in [0.25, 0.3) is 0 Å². The van der Waals surface area contributed by atoms with E-state index in [9.17, 15) is 19.8 Å². The van der Waals surface area contributed by atoms with Crippen molar-refractivity contribution in [2.45, 2.75) is 51.7 Å².